The van der Waals surface area contributed by atoms with Gasteiger partial charge in [-0.2, -0.15) is 0 Å². The Balaban J connectivity index is 3.88. The first kappa shape index (κ1) is 9.69. The Labute approximate surface area is 67.1 Å². The monoisotopic (exact) mass is 151 g/mol. The van der Waals surface area contributed by atoms with Gasteiger partial charge in [0.25, 0.3) is 0 Å². The number of allylic oxidation sites excluding steroid dienone is 4. The lowest BCUT2D eigenvalue weighted by atomic mass is 10.1. The first-order chi connectivity index (χ1) is 5.20. The van der Waals surface area contributed by atoms with Gasteiger partial charge < -0.3 is 5.73 Å². The molecule has 60 valence electrons. The number of carbonyl (C=O) groups excluding carboxylic acids is 1. The van der Waals surface area contributed by atoms with Gasteiger partial charge in [-0.05, 0) is 12.0 Å². The topological polar surface area (TPSA) is 43.1 Å². The highest BCUT2D eigenvalue weighted by Crippen LogP contribution is 2.05. The van der Waals surface area contributed by atoms with Gasteiger partial charge in [0.05, 0.1) is 0 Å². The minimum Gasteiger partial charge on any atom is -0.370 e. The fourth-order valence-corrected chi connectivity index (χ4v) is 0.672. The summed E-state index contributed by atoms with van der Waals surface area (Å²) >= 11 is 0. The van der Waals surface area contributed by atoms with Crippen LogP contribution in [-0.4, -0.2) is 5.91 Å². The molecule has 0 fully saturated rings. The van der Waals surface area contributed by atoms with Crippen molar-refractivity contribution in [3.05, 3.63) is 37.0 Å². The molecule has 0 aromatic heterocycles. The summed E-state index contributed by atoms with van der Waals surface area (Å²) in [5.74, 6) is -0.290. The second kappa shape index (κ2) is 5.47. The summed E-state index contributed by atoms with van der Waals surface area (Å²) in [6.45, 7) is 7.12. The van der Waals surface area contributed by atoms with Crippen LogP contribution in [0.3, 0.4) is 0 Å². The minimum absolute atomic E-state index is 0.290. The van der Waals surface area contributed by atoms with E-state index in [0.717, 1.165) is 5.57 Å². The molecular weight excluding hydrogens is 138 g/mol. The zero-order valence-electron chi connectivity index (χ0n) is 6.55. The Kier molecular flexibility index (Phi) is 4.82. The van der Waals surface area contributed by atoms with Crippen molar-refractivity contribution in [2.75, 3.05) is 0 Å². The lowest BCUT2D eigenvalue weighted by molar-refractivity contribution is -0.117. The molecule has 0 saturated carbocycles. The molecule has 0 heterocycles. The highest BCUT2D eigenvalue weighted by Gasteiger charge is 1.95. The second-order valence-electron chi connectivity index (χ2n) is 2.15. The van der Waals surface area contributed by atoms with E-state index in [1.165, 1.54) is 0 Å². The molecule has 0 rings (SSSR count). The van der Waals surface area contributed by atoms with Crippen molar-refractivity contribution < 1.29 is 4.79 Å². The van der Waals surface area contributed by atoms with Crippen molar-refractivity contribution in [3.63, 3.8) is 0 Å². The molecule has 1 amide bonds. The fourth-order valence-electron chi connectivity index (χ4n) is 0.672. The van der Waals surface area contributed by atoms with Crippen LogP contribution in [0.5, 0.6) is 0 Å². The van der Waals surface area contributed by atoms with Gasteiger partial charge in [0.1, 0.15) is 0 Å². The van der Waals surface area contributed by atoms with Crippen LogP contribution >= 0.6 is 0 Å². The first-order valence-electron chi connectivity index (χ1n) is 3.43. The zero-order valence-corrected chi connectivity index (χ0v) is 6.55. The van der Waals surface area contributed by atoms with Gasteiger partial charge in [-0.3, -0.25) is 4.79 Å². The SMILES string of the molecule is C=CC=C(C=C)CCC(N)=O. The highest BCUT2D eigenvalue weighted by atomic mass is 16.1. The third-order valence-corrected chi connectivity index (χ3v) is 1.25. The van der Waals surface area contributed by atoms with E-state index < -0.39 is 0 Å². The van der Waals surface area contributed by atoms with Gasteiger partial charge >= 0.3 is 0 Å². The third kappa shape index (κ3) is 5.15. The third-order valence-electron chi connectivity index (χ3n) is 1.25. The number of carbonyl (C=O) groups is 1. The van der Waals surface area contributed by atoms with Gasteiger partial charge in [0.2, 0.25) is 5.91 Å². The number of primary amides is 1. The van der Waals surface area contributed by atoms with Crippen LogP contribution in [0.25, 0.3) is 0 Å². The van der Waals surface area contributed by atoms with E-state index in [1.54, 1.807) is 12.2 Å². The number of hydrogen-bond acceptors (Lipinski definition) is 1. The lowest BCUT2D eigenvalue weighted by Gasteiger charge is -1.96. The van der Waals surface area contributed by atoms with E-state index in [-0.39, 0.29) is 5.91 Å². The molecule has 0 aliphatic carbocycles. The predicted octanol–water partition coefficient (Wildman–Crippen LogP) is 1.55. The first-order valence-corrected chi connectivity index (χ1v) is 3.43. The smallest absolute Gasteiger partial charge is 0.217 e. The van der Waals surface area contributed by atoms with Crippen LogP contribution in [-0.2, 0) is 4.79 Å². The van der Waals surface area contributed by atoms with E-state index >= 15 is 0 Å². The minimum atomic E-state index is -0.290. The maximum Gasteiger partial charge on any atom is 0.217 e. The average Bonchev–Trinajstić information content (AvgIpc) is 1.97. The molecule has 0 spiro atoms. The Morgan fingerprint density at radius 1 is 1.36 bits per heavy atom. The van der Waals surface area contributed by atoms with Gasteiger partial charge in [-0.1, -0.05) is 31.4 Å². The van der Waals surface area contributed by atoms with Crippen LogP contribution in [0.2, 0.25) is 0 Å². The molecule has 2 heteroatoms. The molecule has 0 saturated heterocycles. The van der Waals surface area contributed by atoms with E-state index in [1.807, 2.05) is 6.08 Å². The molecule has 2 nitrogen and oxygen atoms in total. The zero-order chi connectivity index (χ0) is 8.69. The maximum absolute atomic E-state index is 10.4. The summed E-state index contributed by atoms with van der Waals surface area (Å²) in [5, 5.41) is 0. The van der Waals surface area contributed by atoms with E-state index in [0.29, 0.717) is 12.8 Å². The van der Waals surface area contributed by atoms with Crippen LogP contribution in [0.15, 0.2) is 37.0 Å². The van der Waals surface area contributed by atoms with Gasteiger partial charge in [0.15, 0.2) is 0 Å². The fraction of sp³-hybridized carbons (Fsp3) is 0.222. The molecule has 0 atom stereocenters. The molecule has 0 unspecified atom stereocenters. The summed E-state index contributed by atoms with van der Waals surface area (Å²) in [6, 6.07) is 0. The Hall–Kier alpha value is -1.31. The summed E-state index contributed by atoms with van der Waals surface area (Å²) in [4.78, 5) is 10.4. The van der Waals surface area contributed by atoms with Crippen LogP contribution in [0.1, 0.15) is 12.8 Å². The molecule has 0 bridgehead atoms. The maximum atomic E-state index is 10.4. The molecule has 0 aliphatic heterocycles. The van der Waals surface area contributed by atoms with Crippen molar-refractivity contribution in [3.8, 4) is 0 Å². The summed E-state index contributed by atoms with van der Waals surface area (Å²) < 4.78 is 0. The van der Waals surface area contributed by atoms with Gasteiger partial charge in [-0.15, -0.1) is 0 Å². The number of nitrogens with two attached hydrogens (primary N) is 1. The average molecular weight is 151 g/mol. The lowest BCUT2D eigenvalue weighted by Crippen LogP contribution is -2.09. The van der Waals surface area contributed by atoms with Crippen molar-refractivity contribution in [2.24, 2.45) is 5.73 Å². The summed E-state index contributed by atoms with van der Waals surface area (Å²) in [5.41, 5.74) is 5.95. The second-order valence-corrected chi connectivity index (χ2v) is 2.15. The number of amides is 1. The standard InChI is InChI=1S/C9H13NO/c1-3-5-8(4-2)6-7-9(10)11/h3-5H,1-2,6-7H2,(H2,10,11). The van der Waals surface area contributed by atoms with E-state index in [9.17, 15) is 4.79 Å². The van der Waals surface area contributed by atoms with Crippen molar-refractivity contribution >= 4 is 5.91 Å². The van der Waals surface area contributed by atoms with E-state index in [4.69, 9.17) is 5.73 Å². The molecule has 0 radical (unpaired) electrons. The molecule has 2 N–H and O–H groups in total. The summed E-state index contributed by atoms with van der Waals surface area (Å²) in [6.07, 6.45) is 6.19. The number of rotatable bonds is 5. The molecule has 0 aromatic carbocycles. The van der Waals surface area contributed by atoms with Crippen LogP contribution < -0.4 is 5.73 Å². The molecule has 11 heavy (non-hydrogen) atoms. The van der Waals surface area contributed by atoms with Gasteiger partial charge in [-0.25, -0.2) is 0 Å². The van der Waals surface area contributed by atoms with Crippen LogP contribution in [0.4, 0.5) is 0 Å². The molecule has 0 aliphatic rings. The largest absolute Gasteiger partial charge is 0.370 e. The Morgan fingerprint density at radius 2 is 2.00 bits per heavy atom. The summed E-state index contributed by atoms with van der Waals surface area (Å²) in [7, 11) is 0. The normalized spacial score (nSPS) is 10.7. The Bertz CT molecular complexity index is 192. The number of hydrogen-bond donors (Lipinski definition) is 1. The highest BCUT2D eigenvalue weighted by molar-refractivity contribution is 5.74. The Morgan fingerprint density at radius 3 is 2.36 bits per heavy atom. The molecule has 0 aromatic rings. The van der Waals surface area contributed by atoms with Gasteiger partial charge in [0, 0.05) is 6.42 Å². The quantitative estimate of drug-likeness (QED) is 0.595. The molecular formula is C9H13NO. The van der Waals surface area contributed by atoms with Crippen molar-refractivity contribution in [1.82, 2.24) is 0 Å². The predicted molar refractivity (Wildman–Crippen MR) is 46.9 cm³/mol. The van der Waals surface area contributed by atoms with E-state index in [2.05, 4.69) is 13.2 Å². The van der Waals surface area contributed by atoms with Crippen molar-refractivity contribution in [1.29, 1.82) is 0 Å². The van der Waals surface area contributed by atoms with Crippen molar-refractivity contribution in [2.45, 2.75) is 12.8 Å². The van der Waals surface area contributed by atoms with Crippen LogP contribution in [0, 0.1) is 0 Å².